The fourth-order valence-electron chi connectivity index (χ4n) is 0.344. The molecule has 0 heterocycles. The number of hydrogen-bond acceptors (Lipinski definition) is 0. The molecule has 0 saturated heterocycles. The Kier molecular flexibility index (Phi) is 21.8. The molecule has 0 spiro atoms. The van der Waals surface area contributed by atoms with E-state index in [2.05, 4.69) is 6.92 Å². The summed E-state index contributed by atoms with van der Waals surface area (Å²) in [6.45, 7) is 6.17. The molecule has 0 aliphatic heterocycles. The van der Waals surface area contributed by atoms with Gasteiger partial charge in [-0.1, -0.05) is 33.6 Å². The van der Waals surface area contributed by atoms with Crippen molar-refractivity contribution in [3.63, 3.8) is 0 Å². The Morgan fingerprint density at radius 1 is 1.12 bits per heavy atom. The van der Waals surface area contributed by atoms with Gasteiger partial charge in [-0.25, -0.2) is 0 Å². The second-order valence-corrected chi connectivity index (χ2v) is 1.77. The Hall–Kier alpha value is 0.290. The maximum absolute atomic E-state index is 5.38. The van der Waals surface area contributed by atoms with Crippen LogP contribution in [0.1, 0.15) is 40.0 Å². The summed E-state index contributed by atoms with van der Waals surface area (Å²) in [5.41, 5.74) is 0. The minimum atomic E-state index is 0.827. The number of unbranched alkanes of at least 4 members (excludes halogenated alkanes) is 2. The smallest absolute Gasteiger partial charge is 0.0223 e. The number of rotatable bonds is 3. The van der Waals surface area contributed by atoms with E-state index in [0.717, 1.165) is 5.88 Å². The van der Waals surface area contributed by atoms with Crippen molar-refractivity contribution in [1.82, 2.24) is 0 Å². The molecular weight excluding hydrogens is 120 g/mol. The van der Waals surface area contributed by atoms with Crippen LogP contribution in [0.2, 0.25) is 0 Å². The molecule has 0 aromatic rings. The predicted molar refractivity (Wildman–Crippen MR) is 41.6 cm³/mol. The van der Waals surface area contributed by atoms with Crippen molar-refractivity contribution in [1.29, 1.82) is 0 Å². The molecule has 0 radical (unpaired) electrons. The summed E-state index contributed by atoms with van der Waals surface area (Å²) < 4.78 is 0. The van der Waals surface area contributed by atoms with E-state index in [1.54, 1.807) is 0 Å². The van der Waals surface area contributed by atoms with Gasteiger partial charge in [-0.05, 0) is 6.42 Å². The molecule has 0 rings (SSSR count). The van der Waals surface area contributed by atoms with E-state index in [1.165, 1.54) is 19.3 Å². The lowest BCUT2D eigenvalue weighted by Gasteiger charge is -1.84. The molecule has 0 bridgehead atoms. The van der Waals surface area contributed by atoms with Crippen LogP contribution >= 0.6 is 11.6 Å². The molecule has 0 nitrogen and oxygen atoms in total. The highest BCUT2D eigenvalue weighted by molar-refractivity contribution is 6.17. The van der Waals surface area contributed by atoms with E-state index < -0.39 is 0 Å². The van der Waals surface area contributed by atoms with Gasteiger partial charge in [0.05, 0.1) is 0 Å². The fraction of sp³-hybridized carbons (Fsp3) is 1.00. The largest absolute Gasteiger partial charge is 0.127 e. The molecule has 0 aliphatic carbocycles. The molecule has 0 aliphatic rings. The van der Waals surface area contributed by atoms with Crippen LogP contribution in [0, 0.1) is 0 Å². The molecule has 0 N–H and O–H groups in total. The molecule has 0 aromatic carbocycles. The first-order chi connectivity index (χ1) is 3.91. The number of halogens is 1. The van der Waals surface area contributed by atoms with Crippen molar-refractivity contribution in [2.24, 2.45) is 0 Å². The van der Waals surface area contributed by atoms with Crippen molar-refractivity contribution in [2.75, 3.05) is 5.88 Å². The van der Waals surface area contributed by atoms with Gasteiger partial charge < -0.3 is 0 Å². The van der Waals surface area contributed by atoms with E-state index >= 15 is 0 Å². The summed E-state index contributed by atoms with van der Waals surface area (Å²) in [7, 11) is 0. The SMILES string of the molecule is CC.CCCCCCl. The van der Waals surface area contributed by atoms with Gasteiger partial charge in [-0.3, -0.25) is 0 Å². The molecule has 0 amide bonds. The third kappa shape index (κ3) is 16.3. The van der Waals surface area contributed by atoms with Gasteiger partial charge >= 0.3 is 0 Å². The fourth-order valence-corrected chi connectivity index (χ4v) is 0.533. The zero-order valence-corrected chi connectivity index (χ0v) is 6.96. The van der Waals surface area contributed by atoms with Crippen molar-refractivity contribution < 1.29 is 0 Å². The average Bonchev–Trinajstić information content (AvgIpc) is 1.88. The highest BCUT2D eigenvalue weighted by Crippen LogP contribution is 1.93. The van der Waals surface area contributed by atoms with Crippen molar-refractivity contribution >= 4 is 11.6 Å². The summed E-state index contributed by atoms with van der Waals surface area (Å²) in [5, 5.41) is 0. The Bertz CT molecular complexity index is 16.3. The van der Waals surface area contributed by atoms with Crippen LogP contribution in [-0.4, -0.2) is 5.88 Å². The average molecular weight is 137 g/mol. The zero-order valence-electron chi connectivity index (χ0n) is 6.21. The van der Waals surface area contributed by atoms with Crippen LogP contribution in [0.5, 0.6) is 0 Å². The van der Waals surface area contributed by atoms with E-state index in [0.29, 0.717) is 0 Å². The van der Waals surface area contributed by atoms with Gasteiger partial charge in [0.25, 0.3) is 0 Å². The predicted octanol–water partition coefficient (Wildman–Crippen LogP) is 3.44. The molecule has 8 heavy (non-hydrogen) atoms. The monoisotopic (exact) mass is 136 g/mol. The summed E-state index contributed by atoms with van der Waals surface area (Å²) in [4.78, 5) is 0. The summed E-state index contributed by atoms with van der Waals surface area (Å²) in [6, 6.07) is 0. The van der Waals surface area contributed by atoms with Crippen LogP contribution in [0.3, 0.4) is 0 Å². The van der Waals surface area contributed by atoms with E-state index in [1.807, 2.05) is 13.8 Å². The van der Waals surface area contributed by atoms with Crippen LogP contribution in [-0.2, 0) is 0 Å². The third-order valence-electron chi connectivity index (χ3n) is 0.737. The van der Waals surface area contributed by atoms with Gasteiger partial charge in [-0.2, -0.15) is 0 Å². The molecule has 0 unspecified atom stereocenters. The zero-order chi connectivity index (χ0) is 6.83. The lowest BCUT2D eigenvalue weighted by atomic mass is 10.3. The lowest BCUT2D eigenvalue weighted by molar-refractivity contribution is 0.776. The van der Waals surface area contributed by atoms with Gasteiger partial charge in [0.1, 0.15) is 0 Å². The molecule has 0 aromatic heterocycles. The Morgan fingerprint density at radius 3 is 1.75 bits per heavy atom. The summed E-state index contributed by atoms with van der Waals surface area (Å²) >= 11 is 5.38. The normalized spacial score (nSPS) is 7.50. The Morgan fingerprint density at radius 2 is 1.62 bits per heavy atom. The first-order valence-corrected chi connectivity index (χ1v) is 4.01. The maximum atomic E-state index is 5.38. The second kappa shape index (κ2) is 15.7. The first-order valence-electron chi connectivity index (χ1n) is 3.47. The third-order valence-corrected chi connectivity index (χ3v) is 1.00. The molecule has 0 atom stereocenters. The van der Waals surface area contributed by atoms with E-state index in [4.69, 9.17) is 11.6 Å². The number of hydrogen-bond donors (Lipinski definition) is 0. The van der Waals surface area contributed by atoms with E-state index in [-0.39, 0.29) is 0 Å². The topological polar surface area (TPSA) is 0 Å². The summed E-state index contributed by atoms with van der Waals surface area (Å²) in [5.74, 6) is 0.827. The van der Waals surface area contributed by atoms with Crippen LogP contribution in [0.25, 0.3) is 0 Å². The highest BCUT2D eigenvalue weighted by Gasteiger charge is 1.76. The van der Waals surface area contributed by atoms with Crippen LogP contribution in [0.4, 0.5) is 0 Å². The Balaban J connectivity index is 0. The second-order valence-electron chi connectivity index (χ2n) is 1.40. The van der Waals surface area contributed by atoms with Gasteiger partial charge in [0, 0.05) is 5.88 Å². The van der Waals surface area contributed by atoms with Gasteiger partial charge in [0.2, 0.25) is 0 Å². The minimum absolute atomic E-state index is 0.827. The molecular formula is C7H17Cl. The molecule has 0 saturated carbocycles. The van der Waals surface area contributed by atoms with Crippen LogP contribution in [0.15, 0.2) is 0 Å². The Labute approximate surface area is 58.2 Å². The minimum Gasteiger partial charge on any atom is -0.127 e. The molecule has 0 fully saturated rings. The van der Waals surface area contributed by atoms with Crippen molar-refractivity contribution in [3.05, 3.63) is 0 Å². The maximum Gasteiger partial charge on any atom is 0.0223 e. The summed E-state index contributed by atoms with van der Waals surface area (Å²) in [6.07, 6.45) is 3.73. The standard InChI is InChI=1S/C5H11Cl.C2H6/c1-2-3-4-5-6;1-2/h2-5H2,1H3;1-2H3. The van der Waals surface area contributed by atoms with E-state index in [9.17, 15) is 0 Å². The van der Waals surface area contributed by atoms with Gasteiger partial charge in [-0.15, -0.1) is 11.6 Å². The molecule has 1 heteroatoms. The van der Waals surface area contributed by atoms with Crippen LogP contribution < -0.4 is 0 Å². The quantitative estimate of drug-likeness (QED) is 0.412. The molecule has 52 valence electrons. The number of alkyl halides is 1. The van der Waals surface area contributed by atoms with Crippen molar-refractivity contribution in [3.8, 4) is 0 Å². The first kappa shape index (κ1) is 11.1. The highest BCUT2D eigenvalue weighted by atomic mass is 35.5. The van der Waals surface area contributed by atoms with Crippen molar-refractivity contribution in [2.45, 2.75) is 40.0 Å². The lowest BCUT2D eigenvalue weighted by Crippen LogP contribution is -1.70. The van der Waals surface area contributed by atoms with Gasteiger partial charge in [0.15, 0.2) is 0 Å².